The Morgan fingerprint density at radius 2 is 2.25 bits per heavy atom. The van der Waals surface area contributed by atoms with Gasteiger partial charge in [-0.2, -0.15) is 0 Å². The Hall–Kier alpha value is -2.30. The lowest BCUT2D eigenvalue weighted by Crippen LogP contribution is -2.33. The number of rotatable bonds is 6. The summed E-state index contributed by atoms with van der Waals surface area (Å²) in [6.45, 7) is 1.98. The molecule has 106 valence electrons. The zero-order valence-corrected chi connectivity index (χ0v) is 11.7. The fourth-order valence-electron chi connectivity index (χ4n) is 1.86. The van der Waals surface area contributed by atoms with Crippen molar-refractivity contribution < 1.29 is 9.21 Å². The van der Waals surface area contributed by atoms with Crippen molar-refractivity contribution in [2.45, 2.75) is 25.8 Å². The third-order valence-electron chi connectivity index (χ3n) is 3.07. The largest absolute Gasteiger partial charge is 0.469 e. The number of furan rings is 1. The summed E-state index contributed by atoms with van der Waals surface area (Å²) in [5.41, 5.74) is 1.31. The van der Waals surface area contributed by atoms with Gasteiger partial charge in [-0.1, -0.05) is 0 Å². The third-order valence-corrected chi connectivity index (χ3v) is 3.07. The van der Waals surface area contributed by atoms with Crippen LogP contribution in [0.4, 0.5) is 5.69 Å². The van der Waals surface area contributed by atoms with E-state index in [9.17, 15) is 4.79 Å². The van der Waals surface area contributed by atoms with E-state index in [0.29, 0.717) is 5.69 Å². The quantitative estimate of drug-likeness (QED) is 0.848. The molecule has 2 heterocycles. The number of pyridine rings is 1. The zero-order valence-electron chi connectivity index (χ0n) is 11.7. The van der Waals surface area contributed by atoms with E-state index in [1.807, 2.05) is 32.2 Å². The number of nitrogens with one attached hydrogen (secondary N) is 2. The average Bonchev–Trinajstić information content (AvgIpc) is 2.98. The van der Waals surface area contributed by atoms with Crippen LogP contribution < -0.4 is 10.6 Å². The maximum absolute atomic E-state index is 12.0. The van der Waals surface area contributed by atoms with Gasteiger partial charge >= 0.3 is 0 Å². The molecule has 2 aromatic rings. The number of carbonyl (C=O) groups is 1. The second kappa shape index (κ2) is 6.75. The van der Waals surface area contributed by atoms with Crippen LogP contribution in [-0.2, 0) is 6.42 Å². The standard InChI is InChI=1S/C15H19N3O2/c1-11(5-7-13-4-3-9-20-13)18-15(19)14-8-6-12(16-2)10-17-14/h3-4,6,8-11,16H,5,7H2,1-2H3,(H,18,19). The number of carbonyl (C=O) groups excluding carboxylic acids is 1. The van der Waals surface area contributed by atoms with Gasteiger partial charge in [-0.05, 0) is 37.6 Å². The molecule has 0 fully saturated rings. The van der Waals surface area contributed by atoms with E-state index in [4.69, 9.17) is 4.42 Å². The van der Waals surface area contributed by atoms with Crippen LogP contribution in [0, 0.1) is 0 Å². The summed E-state index contributed by atoms with van der Waals surface area (Å²) in [6, 6.07) is 7.41. The van der Waals surface area contributed by atoms with Crippen LogP contribution >= 0.6 is 0 Å². The number of aromatic nitrogens is 1. The number of hydrogen-bond donors (Lipinski definition) is 2. The van der Waals surface area contributed by atoms with Crippen molar-refractivity contribution in [1.82, 2.24) is 10.3 Å². The number of nitrogens with zero attached hydrogens (tertiary/aromatic N) is 1. The summed E-state index contributed by atoms with van der Waals surface area (Å²) in [7, 11) is 1.81. The van der Waals surface area contributed by atoms with E-state index in [-0.39, 0.29) is 11.9 Å². The van der Waals surface area contributed by atoms with Crippen molar-refractivity contribution in [2.75, 3.05) is 12.4 Å². The Labute approximate surface area is 118 Å². The average molecular weight is 273 g/mol. The summed E-state index contributed by atoms with van der Waals surface area (Å²) < 4.78 is 5.27. The lowest BCUT2D eigenvalue weighted by atomic mass is 10.1. The van der Waals surface area contributed by atoms with E-state index in [1.54, 1.807) is 18.5 Å². The maximum Gasteiger partial charge on any atom is 0.270 e. The summed E-state index contributed by atoms with van der Waals surface area (Å²) in [5.74, 6) is 0.780. The second-order valence-electron chi connectivity index (χ2n) is 4.67. The number of anilines is 1. The SMILES string of the molecule is CNc1ccc(C(=O)NC(C)CCc2ccco2)nc1. The number of hydrogen-bond acceptors (Lipinski definition) is 4. The van der Waals surface area contributed by atoms with Gasteiger partial charge < -0.3 is 15.1 Å². The molecule has 0 aliphatic rings. The lowest BCUT2D eigenvalue weighted by molar-refractivity contribution is 0.0933. The Morgan fingerprint density at radius 1 is 1.40 bits per heavy atom. The molecular formula is C15H19N3O2. The molecule has 0 bridgehead atoms. The predicted molar refractivity (Wildman–Crippen MR) is 77.7 cm³/mol. The fraction of sp³-hybridized carbons (Fsp3) is 0.333. The first-order valence-electron chi connectivity index (χ1n) is 6.66. The normalized spacial score (nSPS) is 11.9. The first kappa shape index (κ1) is 14.1. The molecule has 1 amide bonds. The van der Waals surface area contributed by atoms with E-state index in [2.05, 4.69) is 15.6 Å². The summed E-state index contributed by atoms with van der Waals surface area (Å²) >= 11 is 0. The molecule has 1 atom stereocenters. The Morgan fingerprint density at radius 3 is 2.85 bits per heavy atom. The van der Waals surface area contributed by atoms with Crippen molar-refractivity contribution >= 4 is 11.6 Å². The van der Waals surface area contributed by atoms with Crippen LogP contribution in [-0.4, -0.2) is 24.0 Å². The topological polar surface area (TPSA) is 67.2 Å². The summed E-state index contributed by atoms with van der Waals surface area (Å²) in [5, 5.41) is 5.90. The third kappa shape index (κ3) is 3.85. The van der Waals surface area contributed by atoms with Crippen molar-refractivity contribution in [2.24, 2.45) is 0 Å². The molecular weight excluding hydrogens is 254 g/mol. The molecule has 1 unspecified atom stereocenters. The van der Waals surface area contributed by atoms with Crippen LogP contribution in [0.15, 0.2) is 41.1 Å². The fourth-order valence-corrected chi connectivity index (χ4v) is 1.86. The second-order valence-corrected chi connectivity index (χ2v) is 4.67. The first-order valence-corrected chi connectivity index (χ1v) is 6.66. The molecule has 0 saturated heterocycles. The first-order chi connectivity index (χ1) is 9.69. The maximum atomic E-state index is 12.0. The minimum Gasteiger partial charge on any atom is -0.469 e. The van der Waals surface area contributed by atoms with Gasteiger partial charge in [0, 0.05) is 19.5 Å². The van der Waals surface area contributed by atoms with E-state index in [0.717, 1.165) is 24.3 Å². The van der Waals surface area contributed by atoms with Gasteiger partial charge in [0.1, 0.15) is 11.5 Å². The zero-order chi connectivity index (χ0) is 14.4. The highest BCUT2D eigenvalue weighted by molar-refractivity contribution is 5.92. The number of aryl methyl sites for hydroxylation is 1. The highest BCUT2D eigenvalue weighted by Crippen LogP contribution is 2.07. The van der Waals surface area contributed by atoms with E-state index >= 15 is 0 Å². The monoisotopic (exact) mass is 273 g/mol. The molecule has 0 saturated carbocycles. The van der Waals surface area contributed by atoms with Crippen LogP contribution in [0.1, 0.15) is 29.6 Å². The predicted octanol–water partition coefficient (Wildman–Crippen LogP) is 2.47. The molecule has 5 heteroatoms. The van der Waals surface area contributed by atoms with Gasteiger partial charge in [0.05, 0.1) is 18.1 Å². The molecule has 0 radical (unpaired) electrons. The molecule has 2 N–H and O–H groups in total. The molecule has 0 aliphatic heterocycles. The highest BCUT2D eigenvalue weighted by atomic mass is 16.3. The van der Waals surface area contributed by atoms with Crippen LogP contribution in [0.5, 0.6) is 0 Å². The minimum absolute atomic E-state index is 0.0679. The van der Waals surface area contributed by atoms with Gasteiger partial charge in [-0.25, -0.2) is 4.98 Å². The highest BCUT2D eigenvalue weighted by Gasteiger charge is 2.11. The Kier molecular flexibility index (Phi) is 4.76. The van der Waals surface area contributed by atoms with Gasteiger partial charge in [0.2, 0.25) is 0 Å². The molecule has 5 nitrogen and oxygen atoms in total. The van der Waals surface area contributed by atoms with Crippen molar-refractivity contribution in [3.8, 4) is 0 Å². The minimum atomic E-state index is -0.153. The van der Waals surface area contributed by atoms with Crippen LogP contribution in [0.2, 0.25) is 0 Å². The van der Waals surface area contributed by atoms with Gasteiger partial charge in [-0.15, -0.1) is 0 Å². The smallest absolute Gasteiger partial charge is 0.270 e. The van der Waals surface area contributed by atoms with Crippen molar-refractivity contribution in [3.05, 3.63) is 48.2 Å². The van der Waals surface area contributed by atoms with E-state index < -0.39 is 0 Å². The molecule has 2 rings (SSSR count). The van der Waals surface area contributed by atoms with Gasteiger partial charge in [0.25, 0.3) is 5.91 Å². The van der Waals surface area contributed by atoms with Gasteiger partial charge in [0.15, 0.2) is 0 Å². The van der Waals surface area contributed by atoms with E-state index in [1.165, 1.54) is 0 Å². The summed E-state index contributed by atoms with van der Waals surface area (Å²) in [6.07, 6.45) is 4.93. The molecule has 20 heavy (non-hydrogen) atoms. The van der Waals surface area contributed by atoms with Crippen LogP contribution in [0.3, 0.4) is 0 Å². The number of amides is 1. The molecule has 0 aromatic carbocycles. The lowest BCUT2D eigenvalue weighted by Gasteiger charge is -2.12. The summed E-state index contributed by atoms with van der Waals surface area (Å²) in [4.78, 5) is 16.1. The van der Waals surface area contributed by atoms with Crippen LogP contribution in [0.25, 0.3) is 0 Å². The Balaban J connectivity index is 1.83. The molecule has 0 spiro atoms. The Bertz CT molecular complexity index is 535. The van der Waals surface area contributed by atoms with Crippen molar-refractivity contribution in [1.29, 1.82) is 0 Å². The van der Waals surface area contributed by atoms with Gasteiger partial charge in [-0.3, -0.25) is 4.79 Å². The molecule has 2 aromatic heterocycles. The molecule has 0 aliphatic carbocycles. The van der Waals surface area contributed by atoms with Crippen molar-refractivity contribution in [3.63, 3.8) is 0 Å².